The number of anilines is 2. The molecule has 0 bridgehead atoms. The number of nitrogen functional groups attached to an aromatic ring is 1. The summed E-state index contributed by atoms with van der Waals surface area (Å²) in [7, 11) is 1.68. The van der Waals surface area contributed by atoms with Gasteiger partial charge in [-0.2, -0.15) is 0 Å². The lowest BCUT2D eigenvalue weighted by Crippen LogP contribution is -2.30. The Hall–Kier alpha value is -1.59. The molecule has 5 nitrogen and oxygen atoms in total. The zero-order valence-corrected chi connectivity index (χ0v) is 12.6. The van der Waals surface area contributed by atoms with Crippen molar-refractivity contribution < 1.29 is 9.53 Å². The summed E-state index contributed by atoms with van der Waals surface area (Å²) in [5, 5.41) is 2.92. The van der Waals surface area contributed by atoms with Gasteiger partial charge in [-0.05, 0) is 37.2 Å². The molecule has 0 aromatic heterocycles. The van der Waals surface area contributed by atoms with Crippen LogP contribution in [0.3, 0.4) is 0 Å². The number of rotatable bonds is 8. The third-order valence-corrected chi connectivity index (χ3v) is 3.24. The van der Waals surface area contributed by atoms with E-state index in [1.807, 2.05) is 19.1 Å². The molecule has 0 aliphatic rings. The predicted octanol–water partition coefficient (Wildman–Crippen LogP) is 1.87. The van der Waals surface area contributed by atoms with Crippen LogP contribution in [0.25, 0.3) is 0 Å². The first kappa shape index (κ1) is 16.5. The van der Waals surface area contributed by atoms with Gasteiger partial charge in [-0.25, -0.2) is 0 Å². The molecule has 5 heteroatoms. The molecule has 0 heterocycles. The number of nitrogens with two attached hydrogens (primary N) is 1. The zero-order chi connectivity index (χ0) is 15.0. The maximum atomic E-state index is 11.9. The smallest absolute Gasteiger partial charge is 0.225 e. The molecule has 3 N–H and O–H groups in total. The predicted molar refractivity (Wildman–Crippen MR) is 82.8 cm³/mol. The second kappa shape index (κ2) is 8.55. The topological polar surface area (TPSA) is 67.6 Å². The molecule has 0 spiro atoms. The molecule has 1 aromatic carbocycles. The van der Waals surface area contributed by atoms with Crippen molar-refractivity contribution >= 4 is 17.3 Å². The molecule has 1 amide bonds. The van der Waals surface area contributed by atoms with Gasteiger partial charge < -0.3 is 20.7 Å². The van der Waals surface area contributed by atoms with Crippen LogP contribution in [0.2, 0.25) is 0 Å². The first-order valence-electron chi connectivity index (χ1n) is 6.94. The van der Waals surface area contributed by atoms with E-state index in [-0.39, 0.29) is 5.91 Å². The Bertz CT molecular complexity index is 435. The van der Waals surface area contributed by atoms with Crippen molar-refractivity contribution in [2.24, 2.45) is 0 Å². The average molecular weight is 279 g/mol. The quantitative estimate of drug-likeness (QED) is 0.713. The molecule has 20 heavy (non-hydrogen) atoms. The number of hydrogen-bond acceptors (Lipinski definition) is 4. The van der Waals surface area contributed by atoms with Crippen molar-refractivity contribution in [3.05, 3.63) is 23.8 Å². The lowest BCUT2D eigenvalue weighted by Gasteiger charge is -2.19. The largest absolute Gasteiger partial charge is 0.399 e. The van der Waals surface area contributed by atoms with Gasteiger partial charge in [-0.3, -0.25) is 4.79 Å². The van der Waals surface area contributed by atoms with Crippen LogP contribution in [-0.4, -0.2) is 44.2 Å². The van der Waals surface area contributed by atoms with Crippen molar-refractivity contribution in [1.82, 2.24) is 4.90 Å². The highest BCUT2D eigenvalue weighted by Gasteiger charge is 2.08. The van der Waals surface area contributed by atoms with Crippen molar-refractivity contribution in [2.45, 2.75) is 20.3 Å². The Morgan fingerprint density at radius 2 is 2.15 bits per heavy atom. The summed E-state index contributed by atoms with van der Waals surface area (Å²) in [6.07, 6.45) is 0.474. The molecule has 0 radical (unpaired) electrons. The Morgan fingerprint density at radius 1 is 1.40 bits per heavy atom. The summed E-state index contributed by atoms with van der Waals surface area (Å²) < 4.78 is 5.05. The number of carbonyl (C=O) groups excluding carboxylic acids is 1. The van der Waals surface area contributed by atoms with Crippen LogP contribution in [0.15, 0.2) is 18.2 Å². The van der Waals surface area contributed by atoms with Gasteiger partial charge in [0.1, 0.15) is 0 Å². The molecule has 0 aliphatic heterocycles. The maximum absolute atomic E-state index is 11.9. The van der Waals surface area contributed by atoms with Gasteiger partial charge in [0.2, 0.25) is 5.91 Å². The van der Waals surface area contributed by atoms with Crippen molar-refractivity contribution in [1.29, 1.82) is 0 Å². The number of carbonyl (C=O) groups is 1. The minimum absolute atomic E-state index is 0.0220. The van der Waals surface area contributed by atoms with E-state index in [2.05, 4.69) is 17.1 Å². The monoisotopic (exact) mass is 279 g/mol. The number of ether oxygens (including phenoxy) is 1. The van der Waals surface area contributed by atoms with Crippen molar-refractivity contribution in [3.63, 3.8) is 0 Å². The highest BCUT2D eigenvalue weighted by molar-refractivity contribution is 5.91. The van der Waals surface area contributed by atoms with Gasteiger partial charge in [-0.1, -0.05) is 6.92 Å². The van der Waals surface area contributed by atoms with Gasteiger partial charge >= 0.3 is 0 Å². The first-order chi connectivity index (χ1) is 9.56. The molecule has 112 valence electrons. The second-order valence-corrected chi connectivity index (χ2v) is 4.80. The summed E-state index contributed by atoms with van der Waals surface area (Å²) in [6.45, 7) is 7.20. The number of benzene rings is 1. The van der Waals surface area contributed by atoms with E-state index in [0.29, 0.717) is 18.7 Å². The third-order valence-electron chi connectivity index (χ3n) is 3.24. The minimum Gasteiger partial charge on any atom is -0.399 e. The normalized spacial score (nSPS) is 10.8. The van der Waals surface area contributed by atoms with Gasteiger partial charge in [0.15, 0.2) is 0 Å². The molecular formula is C15H25N3O2. The molecule has 0 unspecified atom stereocenters. The highest BCUT2D eigenvalue weighted by Crippen LogP contribution is 2.17. The van der Waals surface area contributed by atoms with E-state index in [9.17, 15) is 4.79 Å². The van der Waals surface area contributed by atoms with Crippen molar-refractivity contribution in [3.8, 4) is 0 Å². The first-order valence-corrected chi connectivity index (χ1v) is 6.94. The second-order valence-electron chi connectivity index (χ2n) is 4.80. The van der Waals surface area contributed by atoms with Crippen molar-refractivity contribution in [2.75, 3.05) is 44.4 Å². The molecule has 0 aliphatic carbocycles. The maximum Gasteiger partial charge on any atom is 0.225 e. The van der Waals surface area contributed by atoms with Crippen LogP contribution in [0.1, 0.15) is 18.9 Å². The number of nitrogens with one attached hydrogen (secondary N) is 1. The molecule has 0 saturated carbocycles. The van der Waals surface area contributed by atoms with Crippen LogP contribution in [0.4, 0.5) is 11.4 Å². The molecule has 1 rings (SSSR count). The SMILES string of the molecule is CCN(CCOC)CCC(=O)Nc1ccc(N)cc1C. The highest BCUT2D eigenvalue weighted by atomic mass is 16.5. The summed E-state index contributed by atoms with van der Waals surface area (Å²) in [5.41, 5.74) is 8.20. The molecular weight excluding hydrogens is 254 g/mol. The number of methoxy groups -OCH3 is 1. The van der Waals surface area contributed by atoms with Gasteiger partial charge in [0, 0.05) is 38.0 Å². The van der Waals surface area contributed by atoms with E-state index in [4.69, 9.17) is 10.5 Å². The minimum atomic E-state index is 0.0220. The lowest BCUT2D eigenvalue weighted by atomic mass is 10.2. The van der Waals surface area contributed by atoms with E-state index < -0.39 is 0 Å². The Kier molecular flexibility index (Phi) is 7.04. The number of hydrogen-bond donors (Lipinski definition) is 2. The van der Waals surface area contributed by atoms with E-state index in [1.54, 1.807) is 13.2 Å². The van der Waals surface area contributed by atoms with E-state index >= 15 is 0 Å². The third kappa shape index (κ3) is 5.59. The van der Waals surface area contributed by atoms with Crippen LogP contribution in [-0.2, 0) is 9.53 Å². The number of amides is 1. The van der Waals surface area contributed by atoms with Crippen LogP contribution < -0.4 is 11.1 Å². The van der Waals surface area contributed by atoms with E-state index in [1.165, 1.54) is 0 Å². The fraction of sp³-hybridized carbons (Fsp3) is 0.533. The van der Waals surface area contributed by atoms with Gasteiger partial charge in [0.25, 0.3) is 0 Å². The number of likely N-dealkylation sites (N-methyl/N-ethyl adjacent to an activating group) is 1. The molecule has 0 saturated heterocycles. The Labute approximate surface area is 121 Å². The molecule has 0 fully saturated rings. The van der Waals surface area contributed by atoms with Crippen LogP contribution in [0.5, 0.6) is 0 Å². The van der Waals surface area contributed by atoms with E-state index in [0.717, 1.165) is 30.9 Å². The molecule has 0 atom stereocenters. The summed E-state index contributed by atoms with van der Waals surface area (Å²) in [6, 6.07) is 5.48. The zero-order valence-electron chi connectivity index (χ0n) is 12.6. The summed E-state index contributed by atoms with van der Waals surface area (Å²) >= 11 is 0. The average Bonchev–Trinajstić information content (AvgIpc) is 2.42. The number of aryl methyl sites for hydroxylation is 1. The Balaban J connectivity index is 2.43. The fourth-order valence-electron chi connectivity index (χ4n) is 1.95. The number of nitrogens with zero attached hydrogens (tertiary/aromatic N) is 1. The van der Waals surface area contributed by atoms with Crippen LogP contribution >= 0.6 is 0 Å². The van der Waals surface area contributed by atoms with Gasteiger partial charge in [0.05, 0.1) is 6.61 Å². The Morgan fingerprint density at radius 3 is 2.75 bits per heavy atom. The van der Waals surface area contributed by atoms with Crippen LogP contribution in [0, 0.1) is 6.92 Å². The summed E-state index contributed by atoms with van der Waals surface area (Å²) in [4.78, 5) is 14.1. The fourth-order valence-corrected chi connectivity index (χ4v) is 1.95. The molecule has 1 aromatic rings. The van der Waals surface area contributed by atoms with Gasteiger partial charge in [-0.15, -0.1) is 0 Å². The lowest BCUT2D eigenvalue weighted by molar-refractivity contribution is -0.116. The standard InChI is InChI=1S/C15H25N3O2/c1-4-18(9-10-20-3)8-7-15(19)17-14-6-5-13(16)11-12(14)2/h5-6,11H,4,7-10,16H2,1-3H3,(H,17,19). The summed E-state index contributed by atoms with van der Waals surface area (Å²) in [5.74, 6) is 0.0220.